The monoisotopic (exact) mass is 418 g/mol. The molecule has 0 unspecified atom stereocenters. The van der Waals surface area contributed by atoms with E-state index in [1.165, 1.54) is 29.2 Å². The SMILES string of the molecule is CN(Cc1cnn(C)c1)C(=O)c1cccc(S(=O)(=O)Nc2cccc(Cl)c2)c1. The molecule has 2 aromatic carbocycles. The molecule has 0 bridgehead atoms. The van der Waals surface area contributed by atoms with Crippen molar-refractivity contribution in [3.63, 3.8) is 0 Å². The summed E-state index contributed by atoms with van der Waals surface area (Å²) >= 11 is 5.90. The third-order valence-corrected chi connectivity index (χ3v) is 5.61. The van der Waals surface area contributed by atoms with Crippen molar-refractivity contribution in [3.05, 3.63) is 77.1 Å². The van der Waals surface area contributed by atoms with Gasteiger partial charge in [0.1, 0.15) is 0 Å². The third-order valence-electron chi connectivity index (χ3n) is 3.99. The van der Waals surface area contributed by atoms with Crippen LogP contribution in [0.25, 0.3) is 0 Å². The Labute approximate surface area is 168 Å². The lowest BCUT2D eigenvalue weighted by molar-refractivity contribution is 0.0785. The van der Waals surface area contributed by atoms with Crippen LogP contribution in [0.3, 0.4) is 0 Å². The molecule has 0 aliphatic carbocycles. The van der Waals surface area contributed by atoms with Crippen molar-refractivity contribution < 1.29 is 13.2 Å². The lowest BCUT2D eigenvalue weighted by atomic mass is 10.2. The minimum atomic E-state index is -3.86. The Balaban J connectivity index is 1.79. The van der Waals surface area contributed by atoms with Gasteiger partial charge >= 0.3 is 0 Å². The number of rotatable bonds is 6. The van der Waals surface area contributed by atoms with Gasteiger partial charge in [-0.15, -0.1) is 0 Å². The first-order valence-electron chi connectivity index (χ1n) is 8.36. The molecule has 0 aliphatic rings. The van der Waals surface area contributed by atoms with Gasteiger partial charge in [-0.1, -0.05) is 23.7 Å². The molecule has 0 saturated carbocycles. The maximum Gasteiger partial charge on any atom is 0.261 e. The van der Waals surface area contributed by atoms with Crippen molar-refractivity contribution >= 4 is 33.2 Å². The average molecular weight is 419 g/mol. The van der Waals surface area contributed by atoms with E-state index in [0.29, 0.717) is 17.3 Å². The molecule has 9 heteroatoms. The predicted octanol–water partition coefficient (Wildman–Crippen LogP) is 3.15. The lowest BCUT2D eigenvalue weighted by Crippen LogP contribution is -2.26. The van der Waals surface area contributed by atoms with Crippen LogP contribution in [0, 0.1) is 0 Å². The van der Waals surface area contributed by atoms with Gasteiger partial charge in [0.05, 0.1) is 16.8 Å². The fourth-order valence-corrected chi connectivity index (χ4v) is 3.97. The number of aromatic nitrogens is 2. The first-order chi connectivity index (χ1) is 13.2. The zero-order chi connectivity index (χ0) is 20.3. The van der Waals surface area contributed by atoms with Crippen LogP contribution < -0.4 is 4.72 Å². The van der Waals surface area contributed by atoms with E-state index in [2.05, 4.69) is 9.82 Å². The summed E-state index contributed by atoms with van der Waals surface area (Å²) in [6.07, 6.45) is 3.50. The maximum absolute atomic E-state index is 12.7. The fraction of sp³-hybridized carbons (Fsp3) is 0.158. The summed E-state index contributed by atoms with van der Waals surface area (Å²) in [4.78, 5) is 14.2. The second kappa shape index (κ2) is 8.04. The van der Waals surface area contributed by atoms with E-state index in [1.807, 2.05) is 6.20 Å². The molecule has 0 fully saturated rings. The number of carbonyl (C=O) groups is 1. The Bertz CT molecular complexity index is 1110. The molecule has 0 spiro atoms. The Morgan fingerprint density at radius 2 is 1.96 bits per heavy atom. The number of halogens is 1. The second-order valence-electron chi connectivity index (χ2n) is 6.33. The largest absolute Gasteiger partial charge is 0.337 e. The second-order valence-corrected chi connectivity index (χ2v) is 8.45. The Morgan fingerprint density at radius 1 is 1.21 bits per heavy atom. The first kappa shape index (κ1) is 19.9. The molecule has 0 radical (unpaired) electrons. The first-order valence-corrected chi connectivity index (χ1v) is 10.2. The van der Waals surface area contributed by atoms with E-state index in [0.717, 1.165) is 5.56 Å². The number of anilines is 1. The number of carbonyl (C=O) groups excluding carboxylic acids is 1. The Morgan fingerprint density at radius 3 is 2.64 bits per heavy atom. The van der Waals surface area contributed by atoms with Crippen LogP contribution in [0.15, 0.2) is 65.8 Å². The smallest absolute Gasteiger partial charge is 0.261 e. The molecule has 146 valence electrons. The molecule has 1 amide bonds. The summed E-state index contributed by atoms with van der Waals surface area (Å²) in [7, 11) is -0.408. The van der Waals surface area contributed by atoms with E-state index in [1.54, 1.807) is 49.2 Å². The molecule has 1 aromatic heterocycles. The number of nitrogens with one attached hydrogen (secondary N) is 1. The molecule has 1 heterocycles. The van der Waals surface area contributed by atoms with Gasteiger partial charge in [-0.25, -0.2) is 8.42 Å². The molecule has 1 N–H and O–H groups in total. The number of benzene rings is 2. The summed E-state index contributed by atoms with van der Waals surface area (Å²) < 4.78 is 29.4. The molecule has 28 heavy (non-hydrogen) atoms. The highest BCUT2D eigenvalue weighted by atomic mass is 35.5. The molecule has 3 rings (SSSR count). The normalized spacial score (nSPS) is 11.2. The summed E-state index contributed by atoms with van der Waals surface area (Å²) in [5, 5.41) is 4.49. The van der Waals surface area contributed by atoms with Crippen molar-refractivity contribution in [1.29, 1.82) is 0 Å². The zero-order valence-corrected chi connectivity index (χ0v) is 16.9. The van der Waals surface area contributed by atoms with Crippen LogP contribution in [-0.4, -0.2) is 36.1 Å². The summed E-state index contributed by atoms with van der Waals surface area (Å²) in [6, 6.07) is 12.3. The van der Waals surface area contributed by atoms with E-state index in [4.69, 9.17) is 11.6 Å². The van der Waals surface area contributed by atoms with Gasteiger partial charge in [-0.2, -0.15) is 5.10 Å². The van der Waals surface area contributed by atoms with E-state index < -0.39 is 10.0 Å². The third kappa shape index (κ3) is 4.71. The Hall–Kier alpha value is -2.84. The molecular formula is C19H19ClN4O3S. The minimum Gasteiger partial charge on any atom is -0.337 e. The van der Waals surface area contributed by atoms with Gasteiger partial charge in [-0.3, -0.25) is 14.2 Å². The molecule has 0 aliphatic heterocycles. The van der Waals surface area contributed by atoms with Gasteiger partial charge in [0.15, 0.2) is 0 Å². The topological polar surface area (TPSA) is 84.3 Å². The molecule has 0 saturated heterocycles. The average Bonchev–Trinajstić information content (AvgIpc) is 3.05. The van der Waals surface area contributed by atoms with Crippen molar-refractivity contribution in [3.8, 4) is 0 Å². The fourth-order valence-electron chi connectivity index (χ4n) is 2.68. The van der Waals surface area contributed by atoms with Crippen LogP contribution >= 0.6 is 11.6 Å². The van der Waals surface area contributed by atoms with Crippen LogP contribution in [0.1, 0.15) is 15.9 Å². The number of hydrogen-bond acceptors (Lipinski definition) is 4. The standard InChI is InChI=1S/C19H19ClN4O3S/c1-23(12-14-11-21-24(2)13-14)19(25)15-5-3-8-18(9-15)28(26,27)22-17-7-4-6-16(20)10-17/h3-11,13,22H,12H2,1-2H3. The van der Waals surface area contributed by atoms with Gasteiger partial charge in [-0.05, 0) is 36.4 Å². The highest BCUT2D eigenvalue weighted by Crippen LogP contribution is 2.20. The highest BCUT2D eigenvalue weighted by Gasteiger charge is 2.19. The van der Waals surface area contributed by atoms with Crippen LogP contribution in [-0.2, 0) is 23.6 Å². The van der Waals surface area contributed by atoms with Crippen molar-refractivity contribution in [2.45, 2.75) is 11.4 Å². The lowest BCUT2D eigenvalue weighted by Gasteiger charge is -2.17. The summed E-state index contributed by atoms with van der Waals surface area (Å²) in [5.41, 5.74) is 1.50. The van der Waals surface area contributed by atoms with Gasteiger partial charge < -0.3 is 4.90 Å². The number of sulfonamides is 1. The molecular weight excluding hydrogens is 400 g/mol. The van der Waals surface area contributed by atoms with Crippen molar-refractivity contribution in [2.24, 2.45) is 7.05 Å². The number of hydrogen-bond donors (Lipinski definition) is 1. The van der Waals surface area contributed by atoms with Gasteiger partial charge in [0, 0.05) is 43.0 Å². The maximum atomic E-state index is 12.7. The van der Waals surface area contributed by atoms with Crippen molar-refractivity contribution in [1.82, 2.24) is 14.7 Å². The molecule has 3 aromatic rings. The van der Waals surface area contributed by atoms with Crippen molar-refractivity contribution in [2.75, 3.05) is 11.8 Å². The van der Waals surface area contributed by atoms with Gasteiger partial charge in [0.25, 0.3) is 15.9 Å². The van der Waals surface area contributed by atoms with Gasteiger partial charge in [0.2, 0.25) is 0 Å². The Kier molecular flexibility index (Phi) is 5.71. The zero-order valence-electron chi connectivity index (χ0n) is 15.3. The summed E-state index contributed by atoms with van der Waals surface area (Å²) in [6.45, 7) is 0.365. The number of nitrogens with zero attached hydrogens (tertiary/aromatic N) is 3. The van der Waals surface area contributed by atoms with Crippen LogP contribution in [0.2, 0.25) is 5.02 Å². The predicted molar refractivity (Wildman–Crippen MR) is 108 cm³/mol. The number of aryl methyl sites for hydroxylation is 1. The van der Waals surface area contributed by atoms with E-state index >= 15 is 0 Å². The highest BCUT2D eigenvalue weighted by molar-refractivity contribution is 7.92. The van der Waals surface area contributed by atoms with E-state index in [-0.39, 0.29) is 16.4 Å². The van der Waals surface area contributed by atoms with Crippen LogP contribution in [0.4, 0.5) is 5.69 Å². The van der Waals surface area contributed by atoms with E-state index in [9.17, 15) is 13.2 Å². The quantitative estimate of drug-likeness (QED) is 0.666. The molecule has 0 atom stereocenters. The number of amides is 1. The molecule has 7 nitrogen and oxygen atoms in total. The summed E-state index contributed by atoms with van der Waals surface area (Å²) in [5.74, 6) is -0.288. The minimum absolute atomic E-state index is 0.00639. The van der Waals surface area contributed by atoms with Crippen LogP contribution in [0.5, 0.6) is 0 Å².